The summed E-state index contributed by atoms with van der Waals surface area (Å²) in [5.74, 6) is -1.22. The zero-order valence-corrected chi connectivity index (χ0v) is 13.7. The second-order valence-electron chi connectivity index (χ2n) is 5.38. The topological polar surface area (TPSA) is 57.6 Å². The van der Waals surface area contributed by atoms with Crippen molar-refractivity contribution in [1.29, 1.82) is 0 Å². The number of ketones is 1. The molecule has 0 aliphatic carbocycles. The number of carbonyl (C=O) groups is 2. The molecule has 2 rings (SSSR count). The molecule has 0 amide bonds. The molecular weight excluding hydrogens is 302 g/mol. The van der Waals surface area contributed by atoms with Crippen LogP contribution in [-0.2, 0) is 9.59 Å². The molecule has 1 aliphatic rings. The first-order valence-corrected chi connectivity index (χ1v) is 7.32. The Labute approximate surface area is 134 Å². The Kier molecular flexibility index (Phi) is 4.42. The van der Waals surface area contributed by atoms with Gasteiger partial charge in [0, 0.05) is 34.5 Å². The van der Waals surface area contributed by atoms with Crippen LogP contribution in [0.3, 0.4) is 0 Å². The van der Waals surface area contributed by atoms with E-state index in [1.165, 1.54) is 6.92 Å². The summed E-state index contributed by atoms with van der Waals surface area (Å²) in [5.41, 5.74) is 2.21. The van der Waals surface area contributed by atoms with Gasteiger partial charge >= 0.3 is 5.97 Å². The molecule has 22 heavy (non-hydrogen) atoms. The highest BCUT2D eigenvalue weighted by atomic mass is 35.5. The van der Waals surface area contributed by atoms with E-state index in [1.807, 2.05) is 6.92 Å². The third-order valence-corrected chi connectivity index (χ3v) is 4.47. The first kappa shape index (κ1) is 16.3. The number of hydrogen-bond acceptors (Lipinski definition) is 3. The second-order valence-corrected chi connectivity index (χ2v) is 5.78. The Hall–Kier alpha value is -2.07. The number of likely N-dealkylation sites (N-methyl/N-ethyl adjacent to an activating group) is 1. The average Bonchev–Trinajstić information content (AvgIpc) is 2.44. The molecule has 0 aromatic heterocycles. The van der Waals surface area contributed by atoms with Crippen molar-refractivity contribution in [3.63, 3.8) is 0 Å². The van der Waals surface area contributed by atoms with E-state index >= 15 is 0 Å². The molecule has 5 heteroatoms. The largest absolute Gasteiger partial charge is 0.478 e. The number of hydrogen-bond donors (Lipinski definition) is 1. The fraction of sp³-hybridized carbons (Fsp3) is 0.294. The number of benzene rings is 1. The monoisotopic (exact) mass is 319 g/mol. The summed E-state index contributed by atoms with van der Waals surface area (Å²) in [4.78, 5) is 25.8. The number of carboxylic acids is 1. The van der Waals surface area contributed by atoms with Crippen LogP contribution < -0.4 is 0 Å². The van der Waals surface area contributed by atoms with Gasteiger partial charge in [0.05, 0.1) is 11.6 Å². The molecule has 0 bridgehead atoms. The number of carboxylic acid groups (broad SMARTS) is 1. The number of nitrogens with zero attached hydrogens (tertiary/aromatic N) is 1. The van der Waals surface area contributed by atoms with Gasteiger partial charge in [-0.1, -0.05) is 29.8 Å². The van der Waals surface area contributed by atoms with E-state index in [9.17, 15) is 14.7 Å². The molecule has 0 fully saturated rings. The highest BCUT2D eigenvalue weighted by Crippen LogP contribution is 2.40. The van der Waals surface area contributed by atoms with Gasteiger partial charge in [0.15, 0.2) is 5.78 Å². The summed E-state index contributed by atoms with van der Waals surface area (Å²) in [6.07, 6.45) is 0. The highest BCUT2D eigenvalue weighted by Gasteiger charge is 2.35. The third-order valence-electron chi connectivity index (χ3n) is 4.15. The number of rotatable bonds is 3. The lowest BCUT2D eigenvalue weighted by Gasteiger charge is -2.36. The van der Waals surface area contributed by atoms with Gasteiger partial charge in [-0.15, -0.1) is 0 Å². The maximum absolute atomic E-state index is 12.2. The van der Waals surface area contributed by atoms with Crippen LogP contribution in [0.2, 0.25) is 5.02 Å². The highest BCUT2D eigenvalue weighted by molar-refractivity contribution is 6.33. The fourth-order valence-corrected chi connectivity index (χ4v) is 3.09. The molecule has 0 saturated heterocycles. The lowest BCUT2D eigenvalue weighted by Crippen LogP contribution is -2.37. The summed E-state index contributed by atoms with van der Waals surface area (Å²) in [5, 5.41) is 10.1. The summed E-state index contributed by atoms with van der Waals surface area (Å²) in [6, 6.07) is 6.78. The van der Waals surface area contributed by atoms with Crippen molar-refractivity contribution in [3.05, 3.63) is 51.7 Å². The van der Waals surface area contributed by atoms with Gasteiger partial charge < -0.3 is 10.0 Å². The van der Waals surface area contributed by atoms with Crippen LogP contribution in [0.5, 0.6) is 0 Å². The van der Waals surface area contributed by atoms with Crippen LogP contribution in [0.1, 0.15) is 26.3 Å². The Morgan fingerprint density at radius 1 is 1.27 bits per heavy atom. The van der Waals surface area contributed by atoms with E-state index < -0.39 is 5.97 Å². The molecule has 1 aromatic rings. The Balaban J connectivity index is 2.90. The van der Waals surface area contributed by atoms with Crippen molar-refractivity contribution in [2.75, 3.05) is 7.05 Å². The maximum atomic E-state index is 12.2. The minimum atomic E-state index is -1.06. The van der Waals surface area contributed by atoms with Gasteiger partial charge in [0.2, 0.25) is 0 Å². The fourth-order valence-electron chi connectivity index (χ4n) is 2.86. The number of Topliss-reactive ketones (excluding diaryl/α,β-unsaturated/α-hetero) is 1. The molecule has 0 radical (unpaired) electrons. The van der Waals surface area contributed by atoms with E-state index in [0.29, 0.717) is 27.4 Å². The zero-order chi connectivity index (χ0) is 16.6. The molecule has 1 N–H and O–H groups in total. The van der Waals surface area contributed by atoms with Crippen LogP contribution in [0.15, 0.2) is 41.1 Å². The van der Waals surface area contributed by atoms with E-state index in [-0.39, 0.29) is 17.4 Å². The van der Waals surface area contributed by atoms with Gasteiger partial charge in [-0.3, -0.25) is 4.79 Å². The number of carbonyl (C=O) groups excluding carboxylic acids is 1. The molecule has 0 spiro atoms. The SMILES string of the molecule is CC(=O)C1=C(c2ccccc2Cl)C(C(=O)O)=C(C)N(C)C1C. The lowest BCUT2D eigenvalue weighted by atomic mass is 9.83. The normalized spacial score (nSPS) is 18.8. The molecule has 1 aromatic carbocycles. The first-order chi connectivity index (χ1) is 10.3. The van der Waals surface area contributed by atoms with E-state index in [1.54, 1.807) is 43.1 Å². The van der Waals surface area contributed by atoms with Crippen molar-refractivity contribution in [2.45, 2.75) is 26.8 Å². The van der Waals surface area contributed by atoms with Crippen LogP contribution in [-0.4, -0.2) is 34.8 Å². The molecule has 116 valence electrons. The zero-order valence-electron chi connectivity index (χ0n) is 13.0. The minimum Gasteiger partial charge on any atom is -0.478 e. The Morgan fingerprint density at radius 2 is 1.86 bits per heavy atom. The summed E-state index contributed by atoms with van der Waals surface area (Å²) in [6.45, 7) is 5.08. The van der Waals surface area contributed by atoms with Crippen molar-refractivity contribution >= 4 is 28.9 Å². The van der Waals surface area contributed by atoms with Crippen molar-refractivity contribution in [1.82, 2.24) is 4.90 Å². The standard InChI is InChI=1S/C17H18ClNO3/c1-9-14(11(3)20)16(12-7-5-6-8-13(12)18)15(17(21)22)10(2)19(9)4/h5-9H,1-4H3,(H,21,22). The van der Waals surface area contributed by atoms with Gasteiger partial charge in [0.1, 0.15) is 0 Å². The molecular formula is C17H18ClNO3. The smallest absolute Gasteiger partial charge is 0.338 e. The predicted molar refractivity (Wildman–Crippen MR) is 86.6 cm³/mol. The molecule has 0 saturated carbocycles. The molecule has 1 heterocycles. The van der Waals surface area contributed by atoms with E-state index in [0.717, 1.165) is 0 Å². The minimum absolute atomic E-state index is 0.124. The number of allylic oxidation sites excluding steroid dienone is 1. The summed E-state index contributed by atoms with van der Waals surface area (Å²) < 4.78 is 0. The molecule has 1 aliphatic heterocycles. The Bertz CT molecular complexity index is 718. The van der Waals surface area contributed by atoms with E-state index in [2.05, 4.69) is 0 Å². The van der Waals surface area contributed by atoms with E-state index in [4.69, 9.17) is 11.6 Å². The molecule has 1 unspecified atom stereocenters. The van der Waals surface area contributed by atoms with Crippen molar-refractivity contribution < 1.29 is 14.7 Å². The van der Waals surface area contributed by atoms with Crippen molar-refractivity contribution in [3.8, 4) is 0 Å². The van der Waals surface area contributed by atoms with Crippen LogP contribution >= 0.6 is 11.6 Å². The van der Waals surface area contributed by atoms with Crippen molar-refractivity contribution in [2.24, 2.45) is 0 Å². The second kappa shape index (κ2) is 5.97. The molecule has 4 nitrogen and oxygen atoms in total. The summed E-state index contributed by atoms with van der Waals surface area (Å²) in [7, 11) is 1.79. The number of halogens is 1. The van der Waals surface area contributed by atoms with Gasteiger partial charge in [0.25, 0.3) is 0 Å². The lowest BCUT2D eigenvalue weighted by molar-refractivity contribution is -0.132. The third kappa shape index (κ3) is 2.55. The van der Waals surface area contributed by atoms with Gasteiger partial charge in [-0.25, -0.2) is 4.79 Å². The predicted octanol–water partition coefficient (Wildman–Crippen LogP) is 3.38. The van der Waals surface area contributed by atoms with Gasteiger partial charge in [-0.2, -0.15) is 0 Å². The van der Waals surface area contributed by atoms with Crippen LogP contribution in [0.25, 0.3) is 5.57 Å². The average molecular weight is 320 g/mol. The van der Waals surface area contributed by atoms with Crippen LogP contribution in [0, 0.1) is 0 Å². The molecule has 1 atom stereocenters. The number of aliphatic carboxylic acids is 1. The van der Waals surface area contributed by atoms with Crippen LogP contribution in [0.4, 0.5) is 0 Å². The maximum Gasteiger partial charge on any atom is 0.338 e. The quantitative estimate of drug-likeness (QED) is 0.928. The Morgan fingerprint density at radius 3 is 2.36 bits per heavy atom. The van der Waals surface area contributed by atoms with Gasteiger partial charge in [-0.05, 0) is 26.8 Å². The summed E-state index contributed by atoms with van der Waals surface area (Å²) >= 11 is 6.25. The first-order valence-electron chi connectivity index (χ1n) is 6.94.